The van der Waals surface area contributed by atoms with E-state index in [0.29, 0.717) is 6.54 Å². The molecule has 0 unspecified atom stereocenters. The number of benzene rings is 3. The van der Waals surface area contributed by atoms with Gasteiger partial charge in [0.2, 0.25) is 0 Å². The lowest BCUT2D eigenvalue weighted by Crippen LogP contribution is -2.05. The molecule has 0 atom stereocenters. The second-order valence-corrected chi connectivity index (χ2v) is 6.57. The fourth-order valence-corrected chi connectivity index (χ4v) is 4.12. The fraction of sp³-hybridized carbons (Fsp3) is 0.100. The van der Waals surface area contributed by atoms with Gasteiger partial charge >= 0.3 is 0 Å². The van der Waals surface area contributed by atoms with E-state index in [2.05, 4.69) is 66.0 Å². The molecule has 0 aliphatic rings. The summed E-state index contributed by atoms with van der Waals surface area (Å²) in [5, 5.41) is 15.1. The molecular weight excluding hydrogens is 302 g/mol. The van der Waals surface area contributed by atoms with Crippen molar-refractivity contribution in [2.45, 2.75) is 0 Å². The Bertz CT molecular complexity index is 959. The van der Waals surface area contributed by atoms with Crippen LogP contribution < -0.4 is 5.32 Å². The van der Waals surface area contributed by atoms with Gasteiger partial charge in [-0.1, -0.05) is 48.5 Å². The minimum atomic E-state index is 0.127. The quantitative estimate of drug-likeness (QED) is 0.547. The van der Waals surface area contributed by atoms with Gasteiger partial charge in [0.1, 0.15) is 0 Å². The third kappa shape index (κ3) is 2.58. The van der Waals surface area contributed by atoms with E-state index in [9.17, 15) is 0 Å². The number of fused-ring (bicyclic) bond motifs is 3. The van der Waals surface area contributed by atoms with Crippen LogP contribution in [0.4, 0.5) is 5.69 Å². The predicted molar refractivity (Wildman–Crippen MR) is 100 cm³/mol. The Kier molecular flexibility index (Phi) is 3.74. The van der Waals surface area contributed by atoms with Gasteiger partial charge in [0.05, 0.1) is 17.0 Å². The maximum Gasteiger partial charge on any atom is 0.0604 e. The standard InChI is InChI=1S/C20H17NOS/c22-11-10-21-18-13-15(14-6-2-1-3-7-14)12-17-16-8-4-5-9-19(16)23-20(17)18/h1-9,12-13,21-22H,10-11H2. The zero-order valence-electron chi connectivity index (χ0n) is 12.6. The lowest BCUT2D eigenvalue weighted by Gasteiger charge is -2.10. The van der Waals surface area contributed by atoms with Crippen molar-refractivity contribution >= 4 is 37.2 Å². The second-order valence-electron chi connectivity index (χ2n) is 5.52. The molecule has 0 saturated carbocycles. The molecule has 0 fully saturated rings. The van der Waals surface area contributed by atoms with Crippen LogP contribution in [0.5, 0.6) is 0 Å². The zero-order chi connectivity index (χ0) is 15.6. The molecule has 23 heavy (non-hydrogen) atoms. The fourth-order valence-electron chi connectivity index (χ4n) is 2.95. The summed E-state index contributed by atoms with van der Waals surface area (Å²) in [7, 11) is 0. The van der Waals surface area contributed by atoms with E-state index < -0.39 is 0 Å². The Morgan fingerprint density at radius 2 is 1.61 bits per heavy atom. The van der Waals surface area contributed by atoms with E-state index in [0.717, 1.165) is 5.69 Å². The molecule has 0 amide bonds. The Morgan fingerprint density at radius 3 is 2.43 bits per heavy atom. The largest absolute Gasteiger partial charge is 0.395 e. The highest BCUT2D eigenvalue weighted by Gasteiger charge is 2.11. The molecule has 1 heterocycles. The summed E-state index contributed by atoms with van der Waals surface area (Å²) in [6.45, 7) is 0.684. The summed E-state index contributed by atoms with van der Waals surface area (Å²) in [6.07, 6.45) is 0. The van der Waals surface area contributed by atoms with Crippen LogP contribution in [0, 0.1) is 0 Å². The molecule has 2 N–H and O–H groups in total. The molecule has 0 bridgehead atoms. The average molecular weight is 319 g/mol. The molecule has 0 aliphatic carbocycles. The highest BCUT2D eigenvalue weighted by Crippen LogP contribution is 2.40. The third-order valence-electron chi connectivity index (χ3n) is 4.01. The minimum absolute atomic E-state index is 0.127. The molecule has 0 spiro atoms. The topological polar surface area (TPSA) is 32.3 Å². The monoisotopic (exact) mass is 319 g/mol. The number of anilines is 1. The Hall–Kier alpha value is -2.36. The summed E-state index contributed by atoms with van der Waals surface area (Å²) in [6, 6.07) is 23.4. The van der Waals surface area contributed by atoms with Crippen LogP contribution >= 0.6 is 11.3 Å². The number of thiophene rings is 1. The number of hydrogen-bond donors (Lipinski definition) is 2. The van der Waals surface area contributed by atoms with Crippen molar-refractivity contribution in [1.82, 2.24) is 0 Å². The van der Waals surface area contributed by atoms with Crippen LogP contribution in [0.1, 0.15) is 0 Å². The number of rotatable bonds is 4. The first kappa shape index (κ1) is 14.2. The molecule has 4 aromatic rings. The van der Waals surface area contributed by atoms with Gasteiger partial charge in [-0.3, -0.25) is 0 Å². The molecule has 0 aliphatic heterocycles. The average Bonchev–Trinajstić information content (AvgIpc) is 2.99. The van der Waals surface area contributed by atoms with Gasteiger partial charge in [-0.25, -0.2) is 0 Å². The van der Waals surface area contributed by atoms with Crippen molar-refractivity contribution in [1.29, 1.82) is 0 Å². The van der Waals surface area contributed by atoms with E-state index in [4.69, 9.17) is 5.11 Å². The lowest BCUT2D eigenvalue weighted by molar-refractivity contribution is 0.311. The first-order chi connectivity index (χ1) is 11.4. The summed E-state index contributed by atoms with van der Waals surface area (Å²) < 4.78 is 2.54. The van der Waals surface area contributed by atoms with Crippen molar-refractivity contribution in [3.63, 3.8) is 0 Å². The van der Waals surface area contributed by atoms with Crippen LogP contribution in [0.3, 0.4) is 0 Å². The Balaban J connectivity index is 1.99. The summed E-state index contributed by atoms with van der Waals surface area (Å²) >= 11 is 1.80. The highest BCUT2D eigenvalue weighted by molar-refractivity contribution is 7.26. The van der Waals surface area contributed by atoms with Gasteiger partial charge in [0.25, 0.3) is 0 Å². The molecule has 0 saturated heterocycles. The van der Waals surface area contributed by atoms with Crippen LogP contribution in [0.15, 0.2) is 66.7 Å². The van der Waals surface area contributed by atoms with E-state index >= 15 is 0 Å². The predicted octanol–water partition coefficient (Wildman–Crippen LogP) is 5.13. The Labute approximate surface area is 139 Å². The van der Waals surface area contributed by atoms with Crippen LogP contribution in [0.25, 0.3) is 31.3 Å². The van der Waals surface area contributed by atoms with E-state index in [-0.39, 0.29) is 6.61 Å². The molecular formula is C20H17NOS. The second kappa shape index (κ2) is 6.03. The van der Waals surface area contributed by atoms with Crippen molar-refractivity contribution in [2.24, 2.45) is 0 Å². The first-order valence-electron chi connectivity index (χ1n) is 7.72. The normalized spacial score (nSPS) is 11.2. The van der Waals surface area contributed by atoms with Gasteiger partial charge in [0, 0.05) is 22.0 Å². The lowest BCUT2D eigenvalue weighted by atomic mass is 10.0. The van der Waals surface area contributed by atoms with Gasteiger partial charge < -0.3 is 10.4 Å². The number of nitrogens with one attached hydrogen (secondary N) is 1. The summed E-state index contributed by atoms with van der Waals surface area (Å²) in [5.74, 6) is 0. The Morgan fingerprint density at radius 1 is 0.826 bits per heavy atom. The molecule has 0 radical (unpaired) electrons. The SMILES string of the molecule is OCCNc1cc(-c2ccccc2)cc2c1sc1ccccc12. The third-order valence-corrected chi connectivity index (χ3v) is 5.23. The van der Waals surface area contributed by atoms with Crippen molar-refractivity contribution in [3.8, 4) is 11.1 Å². The van der Waals surface area contributed by atoms with Crippen LogP contribution in [-0.4, -0.2) is 18.3 Å². The smallest absolute Gasteiger partial charge is 0.0604 e. The molecule has 2 nitrogen and oxygen atoms in total. The van der Waals surface area contributed by atoms with Crippen LogP contribution in [-0.2, 0) is 0 Å². The molecule has 3 aromatic carbocycles. The van der Waals surface area contributed by atoms with Gasteiger partial charge in [0.15, 0.2) is 0 Å². The van der Waals surface area contributed by atoms with E-state index in [1.165, 1.54) is 31.3 Å². The number of aliphatic hydroxyl groups is 1. The maximum absolute atomic E-state index is 9.17. The van der Waals surface area contributed by atoms with Gasteiger partial charge in [-0.15, -0.1) is 11.3 Å². The van der Waals surface area contributed by atoms with Gasteiger partial charge in [-0.2, -0.15) is 0 Å². The molecule has 1 aromatic heterocycles. The molecule has 3 heteroatoms. The minimum Gasteiger partial charge on any atom is -0.395 e. The number of hydrogen-bond acceptors (Lipinski definition) is 3. The number of aliphatic hydroxyl groups excluding tert-OH is 1. The molecule has 4 rings (SSSR count). The van der Waals surface area contributed by atoms with Crippen molar-refractivity contribution < 1.29 is 5.11 Å². The van der Waals surface area contributed by atoms with Gasteiger partial charge in [-0.05, 0) is 29.3 Å². The highest BCUT2D eigenvalue weighted by atomic mass is 32.1. The van der Waals surface area contributed by atoms with Crippen LogP contribution in [0.2, 0.25) is 0 Å². The molecule has 114 valence electrons. The maximum atomic E-state index is 9.17. The van der Waals surface area contributed by atoms with Crippen molar-refractivity contribution in [3.05, 3.63) is 66.7 Å². The summed E-state index contributed by atoms with van der Waals surface area (Å²) in [5.41, 5.74) is 3.50. The zero-order valence-corrected chi connectivity index (χ0v) is 13.4. The summed E-state index contributed by atoms with van der Waals surface area (Å²) in [4.78, 5) is 0. The van der Waals surface area contributed by atoms with E-state index in [1.54, 1.807) is 11.3 Å². The van der Waals surface area contributed by atoms with E-state index in [1.807, 2.05) is 6.07 Å². The van der Waals surface area contributed by atoms with Crippen molar-refractivity contribution in [2.75, 3.05) is 18.5 Å². The first-order valence-corrected chi connectivity index (χ1v) is 8.54.